The predicted molar refractivity (Wildman–Crippen MR) is 85.6 cm³/mol. The summed E-state index contributed by atoms with van der Waals surface area (Å²) in [5.74, 6) is -2.14. The van der Waals surface area contributed by atoms with Gasteiger partial charge in [-0.15, -0.1) is 0 Å². The summed E-state index contributed by atoms with van der Waals surface area (Å²) in [6.07, 6.45) is 0.668. The minimum Gasteiger partial charge on any atom is -0.481 e. The molecule has 0 saturated carbocycles. The van der Waals surface area contributed by atoms with Crippen LogP contribution in [0.3, 0.4) is 0 Å². The summed E-state index contributed by atoms with van der Waals surface area (Å²) in [6.45, 7) is 5.13. The number of hydrogen-bond acceptors (Lipinski definition) is 4. The zero-order valence-electron chi connectivity index (χ0n) is 13.4. The van der Waals surface area contributed by atoms with E-state index in [0.717, 1.165) is 0 Å². The third-order valence-electron chi connectivity index (χ3n) is 3.39. The topological polar surface area (TPSA) is 113 Å². The minimum absolute atomic E-state index is 0.00376. The molecule has 0 aromatic heterocycles. The van der Waals surface area contributed by atoms with Gasteiger partial charge in [-0.1, -0.05) is 13.8 Å². The fourth-order valence-electron chi connectivity index (χ4n) is 1.64. The third-order valence-corrected chi connectivity index (χ3v) is 4.99. The first-order chi connectivity index (χ1) is 10.7. The number of aliphatic carboxylic acids is 1. The van der Waals surface area contributed by atoms with E-state index in [1.54, 1.807) is 6.92 Å². The van der Waals surface area contributed by atoms with Gasteiger partial charge in [0, 0.05) is 18.2 Å². The average Bonchev–Trinajstić information content (AvgIpc) is 2.51. The van der Waals surface area contributed by atoms with E-state index in [2.05, 4.69) is 10.0 Å². The summed E-state index contributed by atoms with van der Waals surface area (Å²) in [6, 6.07) is 5.30. The van der Waals surface area contributed by atoms with E-state index in [1.807, 2.05) is 6.92 Å². The second-order valence-electron chi connectivity index (χ2n) is 5.40. The van der Waals surface area contributed by atoms with Gasteiger partial charge in [-0.2, -0.15) is 0 Å². The van der Waals surface area contributed by atoms with Crippen LogP contribution in [0.5, 0.6) is 0 Å². The lowest BCUT2D eigenvalue weighted by Crippen LogP contribution is -2.32. The van der Waals surface area contributed by atoms with E-state index in [-0.39, 0.29) is 23.0 Å². The Kier molecular flexibility index (Phi) is 6.71. The van der Waals surface area contributed by atoms with Gasteiger partial charge in [-0.05, 0) is 37.6 Å². The number of amides is 1. The zero-order valence-corrected chi connectivity index (χ0v) is 14.2. The lowest BCUT2D eigenvalue weighted by Gasteiger charge is -2.12. The van der Waals surface area contributed by atoms with Crippen molar-refractivity contribution in [2.75, 3.05) is 6.54 Å². The Bertz CT molecular complexity index is 655. The van der Waals surface area contributed by atoms with Crippen LogP contribution in [-0.4, -0.2) is 38.0 Å². The van der Waals surface area contributed by atoms with Crippen LogP contribution in [0.15, 0.2) is 29.2 Å². The molecule has 0 spiro atoms. The second kappa shape index (κ2) is 8.07. The summed E-state index contributed by atoms with van der Waals surface area (Å²) >= 11 is 0. The molecule has 7 nitrogen and oxygen atoms in total. The third kappa shape index (κ3) is 5.65. The van der Waals surface area contributed by atoms with Crippen molar-refractivity contribution < 1.29 is 23.1 Å². The number of carboxylic acid groups (broad SMARTS) is 1. The van der Waals surface area contributed by atoms with Crippen molar-refractivity contribution in [1.82, 2.24) is 10.0 Å². The number of carbonyl (C=O) groups excluding carboxylic acids is 1. The molecule has 2 atom stereocenters. The van der Waals surface area contributed by atoms with Crippen LogP contribution in [0.2, 0.25) is 0 Å². The SMILES string of the molecule is CCC(C)NS(=O)(=O)c1ccc(C(=O)NCC(C)C(=O)O)cc1. The minimum atomic E-state index is -3.61. The molecule has 128 valence electrons. The van der Waals surface area contributed by atoms with E-state index in [9.17, 15) is 18.0 Å². The smallest absolute Gasteiger partial charge is 0.308 e. The first-order valence-corrected chi connectivity index (χ1v) is 8.79. The van der Waals surface area contributed by atoms with Crippen LogP contribution in [0.1, 0.15) is 37.6 Å². The fraction of sp³-hybridized carbons (Fsp3) is 0.467. The number of hydrogen-bond donors (Lipinski definition) is 3. The Labute approximate surface area is 136 Å². The first-order valence-electron chi connectivity index (χ1n) is 7.30. The maximum absolute atomic E-state index is 12.1. The van der Waals surface area contributed by atoms with Gasteiger partial charge in [0.1, 0.15) is 0 Å². The lowest BCUT2D eigenvalue weighted by atomic mass is 10.1. The fourth-order valence-corrected chi connectivity index (χ4v) is 2.96. The zero-order chi connectivity index (χ0) is 17.6. The molecular formula is C15H22N2O5S. The van der Waals surface area contributed by atoms with Gasteiger partial charge >= 0.3 is 5.97 Å². The number of carboxylic acids is 1. The van der Waals surface area contributed by atoms with Crippen molar-refractivity contribution in [2.24, 2.45) is 5.92 Å². The summed E-state index contributed by atoms with van der Waals surface area (Å²) in [7, 11) is -3.61. The molecule has 23 heavy (non-hydrogen) atoms. The molecule has 8 heteroatoms. The molecule has 0 aliphatic rings. The molecule has 1 amide bonds. The normalized spacial score (nSPS) is 14.0. The molecular weight excluding hydrogens is 320 g/mol. The van der Waals surface area contributed by atoms with Gasteiger partial charge in [0.15, 0.2) is 0 Å². The molecule has 0 radical (unpaired) electrons. The summed E-state index contributed by atoms with van der Waals surface area (Å²) < 4.78 is 26.7. The molecule has 2 unspecified atom stereocenters. The molecule has 1 aromatic rings. The molecule has 0 fully saturated rings. The summed E-state index contributed by atoms with van der Waals surface area (Å²) in [5, 5.41) is 11.3. The Morgan fingerprint density at radius 2 is 1.74 bits per heavy atom. The van der Waals surface area contributed by atoms with Gasteiger partial charge < -0.3 is 10.4 Å². The van der Waals surface area contributed by atoms with Gasteiger partial charge in [0.05, 0.1) is 10.8 Å². The van der Waals surface area contributed by atoms with Crippen molar-refractivity contribution in [3.63, 3.8) is 0 Å². The largest absolute Gasteiger partial charge is 0.481 e. The van der Waals surface area contributed by atoms with Gasteiger partial charge in [0.2, 0.25) is 10.0 Å². The highest BCUT2D eigenvalue weighted by Gasteiger charge is 2.17. The van der Waals surface area contributed by atoms with Crippen molar-refractivity contribution in [3.8, 4) is 0 Å². The number of benzene rings is 1. The predicted octanol–water partition coefficient (Wildman–Crippen LogP) is 1.21. The van der Waals surface area contributed by atoms with Crippen LogP contribution < -0.4 is 10.0 Å². The molecule has 1 aromatic carbocycles. The first kappa shape index (κ1) is 19.1. The summed E-state index contributed by atoms with van der Waals surface area (Å²) in [5.41, 5.74) is 0.269. The quantitative estimate of drug-likeness (QED) is 0.657. The maximum atomic E-state index is 12.1. The van der Waals surface area contributed by atoms with E-state index in [0.29, 0.717) is 6.42 Å². The number of sulfonamides is 1. The van der Waals surface area contributed by atoms with Crippen LogP contribution >= 0.6 is 0 Å². The van der Waals surface area contributed by atoms with Crippen LogP contribution in [0, 0.1) is 5.92 Å². The Morgan fingerprint density at radius 1 is 1.17 bits per heavy atom. The molecule has 1 rings (SSSR count). The van der Waals surface area contributed by atoms with Crippen molar-refractivity contribution in [1.29, 1.82) is 0 Å². The van der Waals surface area contributed by atoms with E-state index in [1.165, 1.54) is 31.2 Å². The van der Waals surface area contributed by atoms with E-state index >= 15 is 0 Å². The van der Waals surface area contributed by atoms with Crippen molar-refractivity contribution in [2.45, 2.75) is 38.1 Å². The molecule has 0 bridgehead atoms. The highest BCUT2D eigenvalue weighted by molar-refractivity contribution is 7.89. The Hall–Kier alpha value is -1.93. The highest BCUT2D eigenvalue weighted by Crippen LogP contribution is 2.12. The average molecular weight is 342 g/mol. The van der Waals surface area contributed by atoms with Crippen molar-refractivity contribution in [3.05, 3.63) is 29.8 Å². The van der Waals surface area contributed by atoms with Gasteiger partial charge in [0.25, 0.3) is 5.91 Å². The Morgan fingerprint density at radius 3 is 2.22 bits per heavy atom. The second-order valence-corrected chi connectivity index (χ2v) is 7.12. The molecule has 0 aliphatic carbocycles. The van der Waals surface area contributed by atoms with E-state index < -0.39 is 27.8 Å². The Balaban J connectivity index is 2.76. The van der Waals surface area contributed by atoms with Gasteiger partial charge in [-0.25, -0.2) is 13.1 Å². The van der Waals surface area contributed by atoms with E-state index in [4.69, 9.17) is 5.11 Å². The van der Waals surface area contributed by atoms with Crippen molar-refractivity contribution >= 4 is 21.9 Å². The molecule has 0 saturated heterocycles. The highest BCUT2D eigenvalue weighted by atomic mass is 32.2. The lowest BCUT2D eigenvalue weighted by molar-refractivity contribution is -0.140. The van der Waals surface area contributed by atoms with Gasteiger partial charge in [-0.3, -0.25) is 9.59 Å². The van der Waals surface area contributed by atoms with Crippen LogP contribution in [0.25, 0.3) is 0 Å². The number of carbonyl (C=O) groups is 2. The number of nitrogens with one attached hydrogen (secondary N) is 2. The van der Waals surface area contributed by atoms with Crippen LogP contribution in [-0.2, 0) is 14.8 Å². The standard InChI is InChI=1S/C15H22N2O5S/c1-4-11(3)17-23(21,22)13-7-5-12(6-8-13)14(18)16-9-10(2)15(19)20/h5-8,10-11,17H,4,9H2,1-3H3,(H,16,18)(H,19,20). The van der Waals surface area contributed by atoms with Crippen LogP contribution in [0.4, 0.5) is 0 Å². The molecule has 3 N–H and O–H groups in total. The maximum Gasteiger partial charge on any atom is 0.308 e. The number of rotatable bonds is 8. The molecule has 0 heterocycles. The molecule has 0 aliphatic heterocycles. The monoisotopic (exact) mass is 342 g/mol. The summed E-state index contributed by atoms with van der Waals surface area (Å²) in [4.78, 5) is 22.7.